The van der Waals surface area contributed by atoms with Gasteiger partial charge < -0.3 is 10.5 Å². The Kier molecular flexibility index (Phi) is 5.95. The first kappa shape index (κ1) is 14.6. The molecule has 0 amide bonds. The van der Waals surface area contributed by atoms with Crippen molar-refractivity contribution in [2.45, 2.75) is 19.3 Å². The van der Waals surface area contributed by atoms with Gasteiger partial charge in [0.1, 0.15) is 12.4 Å². The molecule has 1 heterocycles. The van der Waals surface area contributed by atoms with Crippen molar-refractivity contribution in [3.63, 3.8) is 0 Å². The van der Waals surface area contributed by atoms with Crippen LogP contribution in [0.5, 0.6) is 5.75 Å². The highest BCUT2D eigenvalue weighted by Crippen LogP contribution is 2.19. The van der Waals surface area contributed by atoms with E-state index in [-0.39, 0.29) is 0 Å². The van der Waals surface area contributed by atoms with Crippen LogP contribution in [0.1, 0.15) is 19.3 Å². The summed E-state index contributed by atoms with van der Waals surface area (Å²) in [6.45, 7) is 4.84. The fourth-order valence-electron chi connectivity index (χ4n) is 2.68. The molecule has 4 heteroatoms. The monoisotopic (exact) mass is 282 g/mol. The summed E-state index contributed by atoms with van der Waals surface area (Å²) in [5.41, 5.74) is 5.64. The molecule has 0 bridgehead atoms. The van der Waals surface area contributed by atoms with E-state index in [1.54, 1.807) is 0 Å². The number of nitrogens with zero attached hydrogens (tertiary/aromatic N) is 1. The number of likely N-dealkylation sites (tertiary alicyclic amines) is 1. The van der Waals surface area contributed by atoms with Crippen molar-refractivity contribution in [2.24, 2.45) is 11.7 Å². The van der Waals surface area contributed by atoms with Crippen LogP contribution in [0.15, 0.2) is 24.3 Å². The van der Waals surface area contributed by atoms with E-state index in [9.17, 15) is 0 Å². The minimum Gasteiger partial charge on any atom is -0.492 e. The zero-order valence-electron chi connectivity index (χ0n) is 11.4. The molecule has 1 aromatic rings. The van der Waals surface area contributed by atoms with Crippen molar-refractivity contribution in [3.05, 3.63) is 29.3 Å². The van der Waals surface area contributed by atoms with E-state index in [1.165, 1.54) is 19.4 Å². The Labute approximate surface area is 120 Å². The molecule has 0 aromatic heterocycles. The molecule has 0 aliphatic carbocycles. The maximum Gasteiger partial charge on any atom is 0.120 e. The summed E-state index contributed by atoms with van der Waals surface area (Å²) in [6.07, 6.45) is 3.75. The van der Waals surface area contributed by atoms with Gasteiger partial charge in [0.15, 0.2) is 0 Å². The largest absolute Gasteiger partial charge is 0.492 e. The molecule has 0 saturated carbocycles. The third-order valence-corrected chi connectivity index (χ3v) is 3.89. The van der Waals surface area contributed by atoms with Crippen LogP contribution in [0.3, 0.4) is 0 Å². The summed E-state index contributed by atoms with van der Waals surface area (Å²) in [7, 11) is 0. The van der Waals surface area contributed by atoms with Gasteiger partial charge in [0.2, 0.25) is 0 Å². The molecule has 3 nitrogen and oxygen atoms in total. The molecule has 1 atom stereocenters. The minimum absolute atomic E-state index is 0.718. The summed E-state index contributed by atoms with van der Waals surface area (Å²) >= 11 is 5.92. The molecule has 1 aliphatic heterocycles. The Morgan fingerprint density at radius 3 is 3.11 bits per heavy atom. The van der Waals surface area contributed by atoms with Crippen LogP contribution in [0.25, 0.3) is 0 Å². The highest BCUT2D eigenvalue weighted by atomic mass is 35.5. The first-order valence-corrected chi connectivity index (χ1v) is 7.46. The second-order valence-corrected chi connectivity index (χ2v) is 5.63. The smallest absolute Gasteiger partial charge is 0.120 e. The normalized spacial score (nSPS) is 20.4. The highest BCUT2D eigenvalue weighted by Gasteiger charge is 2.18. The van der Waals surface area contributed by atoms with Crippen LogP contribution in [-0.2, 0) is 0 Å². The van der Waals surface area contributed by atoms with Crippen molar-refractivity contribution >= 4 is 11.6 Å². The van der Waals surface area contributed by atoms with Crippen molar-refractivity contribution < 1.29 is 4.74 Å². The average molecular weight is 283 g/mol. The third-order valence-electron chi connectivity index (χ3n) is 3.65. The molecule has 1 aromatic carbocycles. The molecule has 2 rings (SSSR count). The molecule has 1 fully saturated rings. The zero-order chi connectivity index (χ0) is 13.5. The van der Waals surface area contributed by atoms with Crippen LogP contribution in [0, 0.1) is 5.92 Å². The van der Waals surface area contributed by atoms with Crippen LogP contribution < -0.4 is 10.5 Å². The lowest BCUT2D eigenvalue weighted by Crippen LogP contribution is -2.38. The van der Waals surface area contributed by atoms with E-state index in [4.69, 9.17) is 22.1 Å². The number of hydrogen-bond acceptors (Lipinski definition) is 3. The van der Waals surface area contributed by atoms with E-state index in [0.29, 0.717) is 0 Å². The summed E-state index contributed by atoms with van der Waals surface area (Å²) in [5.74, 6) is 1.62. The van der Waals surface area contributed by atoms with E-state index >= 15 is 0 Å². The minimum atomic E-state index is 0.718. The number of nitrogens with two attached hydrogens (primary N) is 1. The van der Waals surface area contributed by atoms with Crippen LogP contribution in [-0.4, -0.2) is 37.7 Å². The number of piperidine rings is 1. The van der Waals surface area contributed by atoms with E-state index < -0.39 is 0 Å². The van der Waals surface area contributed by atoms with Gasteiger partial charge in [0, 0.05) is 18.1 Å². The molecular weight excluding hydrogens is 260 g/mol. The van der Waals surface area contributed by atoms with E-state index in [1.807, 2.05) is 24.3 Å². The SMILES string of the molecule is NCCC1CCCN(CCOc2cccc(Cl)c2)C1. The van der Waals surface area contributed by atoms with Crippen LogP contribution in [0.4, 0.5) is 0 Å². The molecule has 0 radical (unpaired) electrons. The molecule has 2 N–H and O–H groups in total. The second kappa shape index (κ2) is 7.73. The lowest BCUT2D eigenvalue weighted by atomic mass is 9.95. The predicted octanol–water partition coefficient (Wildman–Crippen LogP) is 2.78. The van der Waals surface area contributed by atoms with Gasteiger partial charge in [-0.05, 0) is 56.5 Å². The Hall–Kier alpha value is -0.770. The van der Waals surface area contributed by atoms with Gasteiger partial charge in [-0.2, -0.15) is 0 Å². The quantitative estimate of drug-likeness (QED) is 0.872. The van der Waals surface area contributed by atoms with Gasteiger partial charge in [-0.1, -0.05) is 17.7 Å². The first-order chi connectivity index (χ1) is 9.28. The standard InChI is InChI=1S/C15H23ClN2O/c16-14-4-1-5-15(11-14)19-10-9-18-8-2-3-13(12-18)6-7-17/h1,4-5,11,13H,2-3,6-10,12,17H2. The topological polar surface area (TPSA) is 38.5 Å². The van der Waals surface area contributed by atoms with Gasteiger partial charge >= 0.3 is 0 Å². The first-order valence-electron chi connectivity index (χ1n) is 7.08. The Bertz CT molecular complexity index is 384. The van der Waals surface area contributed by atoms with Gasteiger partial charge in [0.25, 0.3) is 0 Å². The maximum atomic E-state index is 5.92. The Morgan fingerprint density at radius 2 is 2.32 bits per heavy atom. The number of rotatable bonds is 6. The Morgan fingerprint density at radius 1 is 1.42 bits per heavy atom. The lowest BCUT2D eigenvalue weighted by Gasteiger charge is -2.32. The maximum absolute atomic E-state index is 5.92. The van der Waals surface area contributed by atoms with Crippen molar-refractivity contribution in [2.75, 3.05) is 32.8 Å². The Balaban J connectivity index is 1.70. The van der Waals surface area contributed by atoms with Crippen LogP contribution in [0.2, 0.25) is 5.02 Å². The van der Waals surface area contributed by atoms with E-state index in [2.05, 4.69) is 4.90 Å². The van der Waals surface area contributed by atoms with Crippen LogP contribution >= 0.6 is 11.6 Å². The number of hydrogen-bond donors (Lipinski definition) is 1. The van der Waals surface area contributed by atoms with Gasteiger partial charge in [-0.25, -0.2) is 0 Å². The number of halogens is 1. The highest BCUT2D eigenvalue weighted by molar-refractivity contribution is 6.30. The van der Waals surface area contributed by atoms with Gasteiger partial charge in [-0.3, -0.25) is 4.90 Å². The molecule has 19 heavy (non-hydrogen) atoms. The second-order valence-electron chi connectivity index (χ2n) is 5.19. The average Bonchev–Trinajstić information content (AvgIpc) is 2.40. The van der Waals surface area contributed by atoms with E-state index in [0.717, 1.165) is 49.4 Å². The fraction of sp³-hybridized carbons (Fsp3) is 0.600. The predicted molar refractivity (Wildman–Crippen MR) is 79.8 cm³/mol. The summed E-state index contributed by atoms with van der Waals surface area (Å²) < 4.78 is 5.73. The molecule has 1 unspecified atom stereocenters. The number of benzene rings is 1. The molecule has 0 spiro atoms. The fourth-order valence-corrected chi connectivity index (χ4v) is 2.86. The summed E-state index contributed by atoms with van der Waals surface area (Å²) in [5, 5.41) is 0.721. The summed E-state index contributed by atoms with van der Waals surface area (Å²) in [6, 6.07) is 7.57. The van der Waals surface area contributed by atoms with Crippen molar-refractivity contribution in [1.29, 1.82) is 0 Å². The van der Waals surface area contributed by atoms with Crippen molar-refractivity contribution in [1.82, 2.24) is 4.90 Å². The van der Waals surface area contributed by atoms with Gasteiger partial charge in [-0.15, -0.1) is 0 Å². The third kappa shape index (κ3) is 5.01. The molecule has 1 saturated heterocycles. The number of ether oxygens (including phenoxy) is 1. The zero-order valence-corrected chi connectivity index (χ0v) is 12.1. The molecule has 106 valence electrons. The lowest BCUT2D eigenvalue weighted by molar-refractivity contribution is 0.144. The van der Waals surface area contributed by atoms with Gasteiger partial charge in [0.05, 0.1) is 0 Å². The molecule has 1 aliphatic rings. The van der Waals surface area contributed by atoms with Crippen molar-refractivity contribution in [3.8, 4) is 5.75 Å². The summed E-state index contributed by atoms with van der Waals surface area (Å²) in [4.78, 5) is 2.48. The molecular formula is C15H23ClN2O.